The van der Waals surface area contributed by atoms with Gasteiger partial charge in [0.2, 0.25) is 0 Å². The number of carbonyl (C=O) groups is 1. The predicted molar refractivity (Wildman–Crippen MR) is 42.2 cm³/mol. The molecule has 0 aliphatic rings. The second-order valence-corrected chi connectivity index (χ2v) is 3.29. The van der Waals surface area contributed by atoms with Gasteiger partial charge in [-0.15, -0.1) is 0 Å². The topological polar surface area (TPSA) is 54.3 Å². The average molecular weight is 181 g/mol. The SMILES string of the molecule is O=C(O)c1c[n+]2cnccc2s1. The molecule has 0 unspecified atom stereocenters. The summed E-state index contributed by atoms with van der Waals surface area (Å²) >= 11 is 1.23. The molecule has 0 amide bonds. The molecule has 2 rings (SSSR count). The van der Waals surface area contributed by atoms with E-state index in [2.05, 4.69) is 4.98 Å². The highest BCUT2D eigenvalue weighted by atomic mass is 32.1. The summed E-state index contributed by atoms with van der Waals surface area (Å²) in [5, 5.41) is 8.66. The van der Waals surface area contributed by atoms with Crippen LogP contribution in [-0.2, 0) is 0 Å². The Morgan fingerprint density at radius 3 is 3.17 bits per heavy atom. The lowest BCUT2D eigenvalue weighted by Gasteiger charge is -1.76. The Balaban J connectivity index is 2.70. The summed E-state index contributed by atoms with van der Waals surface area (Å²) < 4.78 is 1.69. The van der Waals surface area contributed by atoms with Gasteiger partial charge in [0, 0.05) is 6.07 Å². The van der Waals surface area contributed by atoms with E-state index in [4.69, 9.17) is 5.11 Å². The van der Waals surface area contributed by atoms with Crippen LogP contribution in [0.15, 0.2) is 24.8 Å². The zero-order valence-electron chi connectivity index (χ0n) is 5.97. The van der Waals surface area contributed by atoms with Crippen LogP contribution in [0.2, 0.25) is 0 Å². The van der Waals surface area contributed by atoms with E-state index in [-0.39, 0.29) is 0 Å². The fourth-order valence-electron chi connectivity index (χ4n) is 0.908. The maximum absolute atomic E-state index is 10.5. The first kappa shape index (κ1) is 7.17. The number of thiazole rings is 1. The monoisotopic (exact) mass is 181 g/mol. The van der Waals surface area contributed by atoms with E-state index in [1.807, 2.05) is 0 Å². The molecule has 2 heterocycles. The van der Waals surface area contributed by atoms with Gasteiger partial charge in [0.25, 0.3) is 6.33 Å². The van der Waals surface area contributed by atoms with Crippen LogP contribution in [-0.4, -0.2) is 16.1 Å². The standard InChI is InChI=1S/C7H4N2O2S/c10-7(11)5-3-9-4-8-2-1-6(9)12-5/h1-4H/p+1. The zero-order valence-corrected chi connectivity index (χ0v) is 6.78. The summed E-state index contributed by atoms with van der Waals surface area (Å²) in [5.41, 5.74) is 0. The van der Waals surface area contributed by atoms with Crippen molar-refractivity contribution in [2.24, 2.45) is 0 Å². The molecule has 0 fully saturated rings. The van der Waals surface area contributed by atoms with Gasteiger partial charge in [-0.3, -0.25) is 0 Å². The molecule has 0 spiro atoms. The number of rotatable bonds is 1. The summed E-state index contributed by atoms with van der Waals surface area (Å²) in [6.45, 7) is 0. The van der Waals surface area contributed by atoms with Crippen LogP contribution < -0.4 is 4.40 Å². The van der Waals surface area contributed by atoms with Crippen molar-refractivity contribution in [1.82, 2.24) is 4.98 Å². The van der Waals surface area contributed by atoms with E-state index in [1.165, 1.54) is 11.3 Å². The van der Waals surface area contributed by atoms with Gasteiger partial charge in [0.05, 0.1) is 0 Å². The van der Waals surface area contributed by atoms with Gasteiger partial charge in [-0.25, -0.2) is 4.79 Å². The van der Waals surface area contributed by atoms with E-state index in [9.17, 15) is 4.79 Å². The molecule has 0 saturated carbocycles. The predicted octanol–water partition coefficient (Wildman–Crippen LogP) is 0.580. The highest BCUT2D eigenvalue weighted by Gasteiger charge is 2.11. The van der Waals surface area contributed by atoms with Crippen LogP contribution in [0.3, 0.4) is 0 Å². The fourth-order valence-corrected chi connectivity index (χ4v) is 1.72. The van der Waals surface area contributed by atoms with Gasteiger partial charge >= 0.3 is 5.97 Å². The lowest BCUT2D eigenvalue weighted by atomic mass is 10.6. The summed E-state index contributed by atoms with van der Waals surface area (Å²) in [6, 6.07) is 1.77. The Bertz CT molecular complexity index is 405. The van der Waals surface area contributed by atoms with E-state index >= 15 is 0 Å². The van der Waals surface area contributed by atoms with Crippen molar-refractivity contribution in [3.63, 3.8) is 0 Å². The summed E-state index contributed by atoms with van der Waals surface area (Å²) in [5.74, 6) is -0.899. The Hall–Kier alpha value is -1.49. The number of hydrogen-bond acceptors (Lipinski definition) is 3. The highest BCUT2D eigenvalue weighted by molar-refractivity contribution is 7.18. The zero-order chi connectivity index (χ0) is 8.55. The first-order chi connectivity index (χ1) is 5.77. The van der Waals surface area contributed by atoms with Crippen LogP contribution >= 0.6 is 11.3 Å². The normalized spacial score (nSPS) is 10.3. The number of fused-ring (bicyclic) bond motifs is 1. The van der Waals surface area contributed by atoms with Crippen molar-refractivity contribution < 1.29 is 14.3 Å². The Kier molecular flexibility index (Phi) is 1.51. The lowest BCUT2D eigenvalue weighted by Crippen LogP contribution is -2.17. The maximum atomic E-state index is 10.5. The molecule has 0 aromatic carbocycles. The van der Waals surface area contributed by atoms with Gasteiger partial charge in [-0.2, -0.15) is 4.40 Å². The van der Waals surface area contributed by atoms with Crippen LogP contribution in [0.1, 0.15) is 9.67 Å². The van der Waals surface area contributed by atoms with Crippen LogP contribution in [0.25, 0.3) is 4.83 Å². The van der Waals surface area contributed by atoms with E-state index < -0.39 is 5.97 Å². The molecule has 0 saturated heterocycles. The van der Waals surface area contributed by atoms with Gasteiger partial charge in [0.1, 0.15) is 12.4 Å². The molecule has 0 bridgehead atoms. The second kappa shape index (κ2) is 2.53. The smallest absolute Gasteiger partial charge is 0.349 e. The molecule has 4 nitrogen and oxygen atoms in total. The first-order valence-corrected chi connectivity index (χ1v) is 4.07. The molecule has 1 N–H and O–H groups in total. The van der Waals surface area contributed by atoms with Crippen LogP contribution in [0.4, 0.5) is 0 Å². The summed E-state index contributed by atoms with van der Waals surface area (Å²) in [7, 11) is 0. The highest BCUT2D eigenvalue weighted by Crippen LogP contribution is 2.10. The van der Waals surface area contributed by atoms with Crippen molar-refractivity contribution in [2.45, 2.75) is 0 Å². The largest absolute Gasteiger partial charge is 0.477 e. The van der Waals surface area contributed by atoms with E-state index in [1.54, 1.807) is 29.2 Å². The van der Waals surface area contributed by atoms with Gasteiger partial charge in [-0.05, 0) is 0 Å². The van der Waals surface area contributed by atoms with E-state index in [0.717, 1.165) is 4.83 Å². The number of aromatic carboxylic acids is 1. The first-order valence-electron chi connectivity index (χ1n) is 3.25. The summed E-state index contributed by atoms with van der Waals surface area (Å²) in [6.07, 6.45) is 4.77. The fraction of sp³-hybridized carbons (Fsp3) is 0. The minimum absolute atomic E-state index is 0.322. The Morgan fingerprint density at radius 1 is 1.67 bits per heavy atom. The third kappa shape index (κ3) is 1.04. The molecular weight excluding hydrogens is 176 g/mol. The minimum Gasteiger partial charge on any atom is -0.477 e. The molecule has 0 atom stereocenters. The third-order valence-corrected chi connectivity index (χ3v) is 2.49. The molecule has 0 aliphatic carbocycles. The van der Waals surface area contributed by atoms with Crippen molar-refractivity contribution in [3.8, 4) is 0 Å². The molecular formula is C7H5N2O2S+. The molecule has 60 valence electrons. The molecule has 5 heteroatoms. The summed E-state index contributed by atoms with van der Waals surface area (Å²) in [4.78, 5) is 15.6. The quantitative estimate of drug-likeness (QED) is 0.655. The molecule has 0 aliphatic heterocycles. The minimum atomic E-state index is -0.899. The number of carboxylic acid groups (broad SMARTS) is 1. The second-order valence-electron chi connectivity index (χ2n) is 2.23. The molecule has 2 aromatic heterocycles. The number of hydrogen-bond donors (Lipinski definition) is 1. The van der Waals surface area contributed by atoms with Gasteiger partial charge < -0.3 is 5.11 Å². The van der Waals surface area contributed by atoms with Gasteiger partial charge in [-0.1, -0.05) is 16.3 Å². The third-order valence-electron chi connectivity index (χ3n) is 1.43. The lowest BCUT2D eigenvalue weighted by molar-refractivity contribution is -0.511. The van der Waals surface area contributed by atoms with Crippen LogP contribution in [0, 0.1) is 0 Å². The van der Waals surface area contributed by atoms with Crippen molar-refractivity contribution in [2.75, 3.05) is 0 Å². The maximum Gasteiger partial charge on any atom is 0.349 e. The Morgan fingerprint density at radius 2 is 2.50 bits per heavy atom. The van der Waals surface area contributed by atoms with E-state index in [0.29, 0.717) is 4.88 Å². The number of nitrogens with zero attached hydrogens (tertiary/aromatic N) is 2. The van der Waals surface area contributed by atoms with Crippen molar-refractivity contribution in [1.29, 1.82) is 0 Å². The molecule has 12 heavy (non-hydrogen) atoms. The van der Waals surface area contributed by atoms with Crippen molar-refractivity contribution >= 4 is 22.1 Å². The Labute approximate surface area is 71.7 Å². The van der Waals surface area contributed by atoms with Crippen LogP contribution in [0.5, 0.6) is 0 Å². The number of aromatic nitrogens is 2. The molecule has 0 radical (unpaired) electrons. The average Bonchev–Trinajstić information content (AvgIpc) is 2.46. The van der Waals surface area contributed by atoms with Crippen molar-refractivity contribution in [3.05, 3.63) is 29.7 Å². The van der Waals surface area contributed by atoms with Gasteiger partial charge in [0.15, 0.2) is 9.71 Å². The number of carboxylic acids is 1. The molecule has 2 aromatic rings.